The summed E-state index contributed by atoms with van der Waals surface area (Å²) in [4.78, 5) is 4.06. The molecule has 1 aromatic heterocycles. The molecule has 0 spiro atoms. The van der Waals surface area contributed by atoms with Crippen molar-refractivity contribution in [2.45, 2.75) is 51.2 Å². The fourth-order valence-electron chi connectivity index (χ4n) is 1.37. The van der Waals surface area contributed by atoms with Crippen molar-refractivity contribution in [1.29, 1.82) is 0 Å². The highest BCUT2D eigenvalue weighted by Crippen LogP contribution is 2.26. The lowest BCUT2D eigenvalue weighted by atomic mass is 10.1. The van der Waals surface area contributed by atoms with E-state index in [0.29, 0.717) is 4.47 Å². The van der Waals surface area contributed by atoms with E-state index < -0.39 is 15.6 Å². The molecule has 1 aromatic rings. The SMILES string of the molecule is CC(C)Oc1ncc(Br)cc1S(=O)(=O)NC(C)(C)C. The van der Waals surface area contributed by atoms with Crippen molar-refractivity contribution >= 4 is 26.0 Å². The number of halogens is 1. The lowest BCUT2D eigenvalue weighted by molar-refractivity contribution is 0.225. The molecule has 7 heteroatoms. The molecule has 0 aliphatic carbocycles. The number of pyridine rings is 1. The molecule has 108 valence electrons. The van der Waals surface area contributed by atoms with E-state index in [1.807, 2.05) is 13.8 Å². The minimum atomic E-state index is -3.68. The second-order valence-electron chi connectivity index (χ2n) is 5.48. The van der Waals surface area contributed by atoms with E-state index >= 15 is 0 Å². The number of rotatable bonds is 4. The van der Waals surface area contributed by atoms with Crippen LogP contribution < -0.4 is 9.46 Å². The Bertz CT molecular complexity index is 551. The van der Waals surface area contributed by atoms with Gasteiger partial charge in [-0.1, -0.05) is 0 Å². The van der Waals surface area contributed by atoms with Crippen molar-refractivity contribution in [1.82, 2.24) is 9.71 Å². The van der Waals surface area contributed by atoms with Crippen LogP contribution in [0.2, 0.25) is 0 Å². The zero-order chi connectivity index (χ0) is 14.8. The molecule has 0 saturated heterocycles. The lowest BCUT2D eigenvalue weighted by Crippen LogP contribution is -2.40. The molecule has 1 N–H and O–H groups in total. The molecule has 0 radical (unpaired) electrons. The molecule has 0 aliphatic heterocycles. The first-order chi connectivity index (χ1) is 8.51. The van der Waals surface area contributed by atoms with Gasteiger partial charge in [0, 0.05) is 16.2 Å². The topological polar surface area (TPSA) is 68.3 Å². The van der Waals surface area contributed by atoms with Crippen LogP contribution in [-0.2, 0) is 10.0 Å². The third-order valence-electron chi connectivity index (χ3n) is 1.86. The van der Waals surface area contributed by atoms with Gasteiger partial charge in [0.05, 0.1) is 6.10 Å². The van der Waals surface area contributed by atoms with E-state index in [4.69, 9.17) is 4.74 Å². The smallest absolute Gasteiger partial charge is 0.246 e. The Balaban J connectivity index is 3.27. The Hall–Kier alpha value is -0.660. The number of nitrogens with one attached hydrogen (secondary N) is 1. The van der Waals surface area contributed by atoms with Crippen molar-refractivity contribution in [2.75, 3.05) is 0 Å². The van der Waals surface area contributed by atoms with Gasteiger partial charge >= 0.3 is 0 Å². The maximum atomic E-state index is 12.4. The van der Waals surface area contributed by atoms with Gasteiger partial charge < -0.3 is 4.74 Å². The van der Waals surface area contributed by atoms with Crippen LogP contribution in [0.3, 0.4) is 0 Å². The minimum absolute atomic E-state index is 0.0329. The van der Waals surface area contributed by atoms with E-state index in [9.17, 15) is 8.42 Å². The van der Waals surface area contributed by atoms with Crippen LogP contribution in [0.1, 0.15) is 34.6 Å². The number of hydrogen-bond acceptors (Lipinski definition) is 4. The van der Waals surface area contributed by atoms with Crippen molar-refractivity contribution in [3.8, 4) is 5.88 Å². The van der Waals surface area contributed by atoms with Crippen molar-refractivity contribution in [3.63, 3.8) is 0 Å². The highest BCUT2D eigenvalue weighted by atomic mass is 79.9. The van der Waals surface area contributed by atoms with Crippen LogP contribution in [0.25, 0.3) is 0 Å². The van der Waals surface area contributed by atoms with Gasteiger partial charge in [-0.2, -0.15) is 0 Å². The van der Waals surface area contributed by atoms with Crippen LogP contribution in [0.15, 0.2) is 21.6 Å². The van der Waals surface area contributed by atoms with Crippen LogP contribution >= 0.6 is 15.9 Å². The van der Waals surface area contributed by atoms with Gasteiger partial charge in [-0.15, -0.1) is 0 Å². The normalized spacial score (nSPS) is 12.8. The summed E-state index contributed by atoms with van der Waals surface area (Å²) in [6, 6.07) is 1.48. The largest absolute Gasteiger partial charge is 0.474 e. The zero-order valence-electron chi connectivity index (χ0n) is 11.7. The highest BCUT2D eigenvalue weighted by Gasteiger charge is 2.26. The first-order valence-electron chi connectivity index (χ1n) is 5.87. The summed E-state index contributed by atoms with van der Waals surface area (Å²) in [5, 5.41) is 0. The van der Waals surface area contributed by atoms with Gasteiger partial charge in [0.2, 0.25) is 15.9 Å². The third kappa shape index (κ3) is 5.08. The van der Waals surface area contributed by atoms with Gasteiger partial charge in [0.15, 0.2) is 0 Å². The zero-order valence-corrected chi connectivity index (χ0v) is 14.1. The summed E-state index contributed by atoms with van der Waals surface area (Å²) < 4.78 is 33.3. The van der Waals surface area contributed by atoms with E-state index in [1.165, 1.54) is 12.3 Å². The van der Waals surface area contributed by atoms with Gasteiger partial charge in [0.25, 0.3) is 0 Å². The van der Waals surface area contributed by atoms with Gasteiger partial charge in [0.1, 0.15) is 4.90 Å². The number of aromatic nitrogens is 1. The molecule has 0 fully saturated rings. The first kappa shape index (κ1) is 16.4. The van der Waals surface area contributed by atoms with E-state index in [0.717, 1.165) is 0 Å². The van der Waals surface area contributed by atoms with Crippen LogP contribution in [0, 0.1) is 0 Å². The molecule has 0 bridgehead atoms. The minimum Gasteiger partial charge on any atom is -0.474 e. The van der Waals surface area contributed by atoms with E-state index in [2.05, 4.69) is 25.6 Å². The lowest BCUT2D eigenvalue weighted by Gasteiger charge is -2.21. The number of sulfonamides is 1. The molecule has 0 amide bonds. The molecule has 19 heavy (non-hydrogen) atoms. The molecule has 0 unspecified atom stereocenters. The number of ether oxygens (including phenoxy) is 1. The summed E-state index contributed by atoms with van der Waals surface area (Å²) in [5.74, 6) is 0.106. The van der Waals surface area contributed by atoms with Crippen LogP contribution in [0.5, 0.6) is 5.88 Å². The average molecular weight is 351 g/mol. The monoisotopic (exact) mass is 350 g/mol. The molecule has 0 atom stereocenters. The molecule has 1 rings (SSSR count). The predicted molar refractivity (Wildman–Crippen MR) is 77.8 cm³/mol. The van der Waals surface area contributed by atoms with E-state index in [-0.39, 0.29) is 16.9 Å². The Morgan fingerprint density at radius 3 is 2.42 bits per heavy atom. The maximum absolute atomic E-state index is 12.4. The van der Waals surface area contributed by atoms with Gasteiger partial charge in [-0.3, -0.25) is 0 Å². The standard InChI is InChI=1S/C12H19BrN2O3S/c1-8(2)18-11-10(6-9(13)7-14-11)19(16,17)15-12(3,4)5/h6-8,15H,1-5H3. The molecule has 0 aromatic carbocycles. The molecule has 0 aliphatic rings. The molecule has 5 nitrogen and oxygen atoms in total. The fraction of sp³-hybridized carbons (Fsp3) is 0.583. The maximum Gasteiger partial charge on any atom is 0.246 e. The Morgan fingerprint density at radius 1 is 1.37 bits per heavy atom. The second-order valence-corrected chi connectivity index (χ2v) is 8.05. The number of nitrogens with zero attached hydrogens (tertiary/aromatic N) is 1. The first-order valence-corrected chi connectivity index (χ1v) is 8.15. The Morgan fingerprint density at radius 2 is 1.95 bits per heavy atom. The quantitative estimate of drug-likeness (QED) is 0.906. The third-order valence-corrected chi connectivity index (χ3v) is 4.05. The fourth-order valence-corrected chi connectivity index (χ4v) is 3.38. The highest BCUT2D eigenvalue weighted by molar-refractivity contribution is 9.10. The molecular weight excluding hydrogens is 332 g/mol. The summed E-state index contributed by atoms with van der Waals surface area (Å²) in [6.07, 6.45) is 1.35. The Kier molecular flexibility index (Phi) is 4.97. The summed E-state index contributed by atoms with van der Waals surface area (Å²) in [5.41, 5.74) is -0.573. The van der Waals surface area contributed by atoms with Crippen LogP contribution in [-0.4, -0.2) is 25.0 Å². The van der Waals surface area contributed by atoms with Gasteiger partial charge in [-0.05, 0) is 56.6 Å². The van der Waals surface area contributed by atoms with E-state index in [1.54, 1.807) is 20.8 Å². The number of hydrogen-bond donors (Lipinski definition) is 1. The van der Waals surface area contributed by atoms with Crippen molar-refractivity contribution in [3.05, 3.63) is 16.7 Å². The van der Waals surface area contributed by atoms with Crippen LogP contribution in [0.4, 0.5) is 0 Å². The van der Waals surface area contributed by atoms with Gasteiger partial charge in [-0.25, -0.2) is 18.1 Å². The summed E-state index contributed by atoms with van der Waals surface area (Å²) in [6.45, 7) is 8.96. The Labute approximate surface area is 122 Å². The van der Waals surface area contributed by atoms with Crippen molar-refractivity contribution in [2.24, 2.45) is 0 Å². The summed E-state index contributed by atoms with van der Waals surface area (Å²) >= 11 is 3.22. The molecule has 1 heterocycles. The molecule has 0 saturated carbocycles. The second kappa shape index (κ2) is 5.76. The van der Waals surface area contributed by atoms with Crippen molar-refractivity contribution < 1.29 is 13.2 Å². The average Bonchev–Trinajstić information content (AvgIpc) is 2.16. The predicted octanol–water partition coefficient (Wildman–Crippen LogP) is 2.71. The molecular formula is C12H19BrN2O3S. The summed E-state index contributed by atoms with van der Waals surface area (Å²) in [7, 11) is -3.68.